The first-order valence-corrected chi connectivity index (χ1v) is 7.16. The first kappa shape index (κ1) is 16.0. The molecule has 1 saturated carbocycles. The molecule has 1 amide bonds. The molecule has 1 aliphatic heterocycles. The highest BCUT2D eigenvalue weighted by Crippen LogP contribution is 2.46. The molecule has 1 heterocycles. The van der Waals surface area contributed by atoms with Gasteiger partial charge in [-0.15, -0.1) is 0 Å². The summed E-state index contributed by atoms with van der Waals surface area (Å²) in [5, 5.41) is 3.09. The van der Waals surface area contributed by atoms with Gasteiger partial charge >= 0.3 is 0 Å². The fourth-order valence-electron chi connectivity index (χ4n) is 2.85. The quantitative estimate of drug-likeness (QED) is 0.551. The summed E-state index contributed by atoms with van der Waals surface area (Å²) in [6.45, 7) is 4.01. The second-order valence-electron chi connectivity index (χ2n) is 6.27. The average molecular weight is 321 g/mol. The van der Waals surface area contributed by atoms with Crippen LogP contribution >= 0.6 is 11.6 Å². The van der Waals surface area contributed by atoms with E-state index in [-0.39, 0.29) is 17.4 Å². The smallest absolute Gasteiger partial charge is 0.249 e. The Morgan fingerprint density at radius 1 is 1.48 bits per heavy atom. The maximum atomic E-state index is 13.7. The summed E-state index contributed by atoms with van der Waals surface area (Å²) in [5.41, 5.74) is 4.41. The van der Waals surface area contributed by atoms with E-state index >= 15 is 0 Å². The van der Waals surface area contributed by atoms with Gasteiger partial charge in [-0.3, -0.25) is 15.6 Å². The van der Waals surface area contributed by atoms with E-state index in [1.165, 1.54) is 0 Å². The van der Waals surface area contributed by atoms with Crippen molar-refractivity contribution in [3.8, 4) is 0 Å². The van der Waals surface area contributed by atoms with E-state index < -0.39 is 29.6 Å². The molecular formula is C13H19ClF2N4O. The van der Waals surface area contributed by atoms with Gasteiger partial charge in [0.05, 0.1) is 6.54 Å². The largest absolute Gasteiger partial charge is 0.368 e. The van der Waals surface area contributed by atoms with Crippen LogP contribution in [0.2, 0.25) is 0 Å². The van der Waals surface area contributed by atoms with Crippen LogP contribution in [0.4, 0.5) is 8.78 Å². The number of carbonyl (C=O) groups is 1. The van der Waals surface area contributed by atoms with E-state index in [9.17, 15) is 13.6 Å². The Morgan fingerprint density at radius 3 is 2.81 bits per heavy atom. The van der Waals surface area contributed by atoms with Crippen LogP contribution in [-0.2, 0) is 4.79 Å². The van der Waals surface area contributed by atoms with E-state index in [0.29, 0.717) is 13.0 Å². The molecule has 2 rings (SSSR count). The zero-order valence-corrected chi connectivity index (χ0v) is 12.7. The summed E-state index contributed by atoms with van der Waals surface area (Å²) in [4.78, 5) is 16.0. The van der Waals surface area contributed by atoms with Crippen LogP contribution in [0.3, 0.4) is 0 Å². The van der Waals surface area contributed by atoms with Crippen LogP contribution in [0.1, 0.15) is 33.1 Å². The number of alkyl halides is 2. The summed E-state index contributed by atoms with van der Waals surface area (Å²) >= 11 is 5.86. The Bertz CT molecular complexity index is 475. The van der Waals surface area contributed by atoms with Crippen molar-refractivity contribution in [2.75, 3.05) is 6.54 Å². The van der Waals surface area contributed by atoms with Gasteiger partial charge in [0.25, 0.3) is 0 Å². The maximum Gasteiger partial charge on any atom is 0.249 e. The molecule has 3 N–H and O–H groups in total. The van der Waals surface area contributed by atoms with Crippen LogP contribution in [0.5, 0.6) is 0 Å². The number of carbonyl (C=O) groups excluding carboxylic acids is 1. The molecule has 0 aromatic rings. The van der Waals surface area contributed by atoms with Crippen molar-refractivity contribution in [2.45, 2.75) is 39.0 Å². The third-order valence-corrected chi connectivity index (χ3v) is 3.85. The predicted molar refractivity (Wildman–Crippen MR) is 76.7 cm³/mol. The minimum atomic E-state index is -2.81. The Labute approximate surface area is 127 Å². The lowest BCUT2D eigenvalue weighted by Crippen LogP contribution is -2.47. The zero-order valence-electron chi connectivity index (χ0n) is 12.0. The van der Waals surface area contributed by atoms with Crippen LogP contribution in [0.15, 0.2) is 16.0 Å². The monoisotopic (exact) mass is 320 g/mol. The standard InChI is InChI=1S/C13H19ClF2N4O/c1-12(2)5-8(6-13(15,16)7-12)11(21)20-19-10-9(14)17-3-4-18-10/h4,8,17,19H,3,5-7H2,1-2H3,(H,20,21). The van der Waals surface area contributed by atoms with Crippen molar-refractivity contribution in [3.63, 3.8) is 0 Å². The van der Waals surface area contributed by atoms with Gasteiger partial charge in [0.1, 0.15) is 5.16 Å². The van der Waals surface area contributed by atoms with Gasteiger partial charge in [-0.1, -0.05) is 25.4 Å². The molecule has 1 atom stereocenters. The molecule has 0 aromatic heterocycles. The molecule has 5 nitrogen and oxygen atoms in total. The lowest BCUT2D eigenvalue weighted by atomic mass is 9.70. The normalized spacial score (nSPS) is 27.0. The molecule has 2 aliphatic rings. The Balaban J connectivity index is 1.95. The van der Waals surface area contributed by atoms with Crippen LogP contribution in [0, 0.1) is 11.3 Å². The minimum absolute atomic E-state index is 0.192. The summed E-state index contributed by atoms with van der Waals surface area (Å²) in [7, 11) is 0. The fourth-order valence-corrected chi connectivity index (χ4v) is 3.03. The van der Waals surface area contributed by atoms with Gasteiger partial charge in [-0.05, 0) is 11.8 Å². The third kappa shape index (κ3) is 4.30. The van der Waals surface area contributed by atoms with Crippen LogP contribution in [0.25, 0.3) is 0 Å². The van der Waals surface area contributed by atoms with Gasteiger partial charge in [-0.25, -0.2) is 13.8 Å². The number of nitrogens with one attached hydrogen (secondary N) is 3. The Hall–Kier alpha value is -1.37. The summed E-state index contributed by atoms with van der Waals surface area (Å²) in [6, 6.07) is 0. The molecule has 21 heavy (non-hydrogen) atoms. The number of aliphatic imine (C=N–C) groups is 1. The summed E-state index contributed by atoms with van der Waals surface area (Å²) < 4.78 is 27.4. The fraction of sp³-hybridized carbons (Fsp3) is 0.692. The zero-order chi connectivity index (χ0) is 15.7. The molecular weight excluding hydrogens is 302 g/mol. The second kappa shape index (κ2) is 5.79. The maximum absolute atomic E-state index is 13.7. The Kier molecular flexibility index (Phi) is 4.41. The molecule has 0 radical (unpaired) electrons. The molecule has 1 unspecified atom stereocenters. The molecule has 0 bridgehead atoms. The van der Waals surface area contributed by atoms with Crippen molar-refractivity contribution in [2.24, 2.45) is 16.3 Å². The van der Waals surface area contributed by atoms with E-state index in [1.807, 2.05) is 0 Å². The van der Waals surface area contributed by atoms with Gasteiger partial charge < -0.3 is 5.32 Å². The first-order chi connectivity index (χ1) is 9.69. The van der Waals surface area contributed by atoms with Crippen molar-refractivity contribution in [1.82, 2.24) is 16.2 Å². The van der Waals surface area contributed by atoms with Crippen LogP contribution in [-0.4, -0.2) is 24.6 Å². The number of amides is 1. The van der Waals surface area contributed by atoms with Crippen molar-refractivity contribution in [1.29, 1.82) is 0 Å². The van der Waals surface area contributed by atoms with Gasteiger partial charge in [-0.2, -0.15) is 0 Å². The van der Waals surface area contributed by atoms with Crippen molar-refractivity contribution in [3.05, 3.63) is 11.0 Å². The lowest BCUT2D eigenvalue weighted by molar-refractivity contribution is -0.140. The molecule has 0 aromatic carbocycles. The van der Waals surface area contributed by atoms with E-state index in [2.05, 4.69) is 21.2 Å². The molecule has 1 fully saturated rings. The molecule has 1 aliphatic carbocycles. The lowest BCUT2D eigenvalue weighted by Gasteiger charge is -2.39. The molecule has 118 valence electrons. The molecule has 0 spiro atoms. The highest BCUT2D eigenvalue weighted by atomic mass is 35.5. The topological polar surface area (TPSA) is 65.5 Å². The number of nitrogens with zero attached hydrogens (tertiary/aromatic N) is 1. The first-order valence-electron chi connectivity index (χ1n) is 6.78. The number of hydrogen-bond acceptors (Lipinski definition) is 4. The predicted octanol–water partition coefficient (Wildman–Crippen LogP) is 2.11. The van der Waals surface area contributed by atoms with Gasteiger partial charge in [0, 0.05) is 25.0 Å². The van der Waals surface area contributed by atoms with Crippen molar-refractivity contribution < 1.29 is 13.6 Å². The number of halogens is 3. The summed E-state index contributed by atoms with van der Waals surface area (Å²) in [6.07, 6.45) is 1.38. The highest BCUT2D eigenvalue weighted by Gasteiger charge is 2.47. The van der Waals surface area contributed by atoms with Gasteiger partial charge in [0.2, 0.25) is 11.8 Å². The van der Waals surface area contributed by atoms with E-state index in [0.717, 1.165) is 0 Å². The van der Waals surface area contributed by atoms with Crippen LogP contribution < -0.4 is 16.2 Å². The number of hydrazine groups is 1. The average Bonchev–Trinajstić information content (AvgIpc) is 2.33. The molecule has 8 heteroatoms. The Morgan fingerprint density at radius 2 is 2.19 bits per heavy atom. The number of rotatable bonds is 3. The van der Waals surface area contributed by atoms with Crippen molar-refractivity contribution >= 4 is 23.7 Å². The van der Waals surface area contributed by atoms with Gasteiger partial charge in [0.15, 0.2) is 5.82 Å². The second-order valence-corrected chi connectivity index (χ2v) is 6.65. The number of hydrogen-bond donors (Lipinski definition) is 3. The third-order valence-electron chi connectivity index (χ3n) is 3.53. The minimum Gasteiger partial charge on any atom is -0.368 e. The highest BCUT2D eigenvalue weighted by molar-refractivity contribution is 6.29. The SMILES string of the molecule is CC1(C)CC(C(=O)NNC2=C(Cl)NCC=N2)CC(F)(F)C1. The van der Waals surface area contributed by atoms with E-state index in [1.54, 1.807) is 20.1 Å². The van der Waals surface area contributed by atoms with E-state index in [4.69, 9.17) is 11.6 Å². The summed E-state index contributed by atoms with van der Waals surface area (Å²) in [5.74, 6) is -3.76. The molecule has 0 saturated heterocycles.